The van der Waals surface area contributed by atoms with E-state index in [1.54, 1.807) is 0 Å². The van der Waals surface area contributed by atoms with Gasteiger partial charge >= 0.3 is 0 Å². The Morgan fingerprint density at radius 1 is 0.696 bits per heavy atom. The van der Waals surface area contributed by atoms with Crippen molar-refractivity contribution in [3.8, 4) is 0 Å². The topological polar surface area (TPSA) is 19.7 Å². The smallest absolute Gasteiger partial charge is 0.245 e. The molecule has 1 N–H and O–H groups in total. The summed E-state index contributed by atoms with van der Waals surface area (Å²) in [5.41, 5.74) is 1.27. The maximum Gasteiger partial charge on any atom is 0.251 e. The number of hydrogen-bond acceptors (Lipinski definition) is 0. The van der Waals surface area contributed by atoms with E-state index in [1.807, 2.05) is 0 Å². The Kier molecular flexibility index (Phi) is 12.0. The summed E-state index contributed by atoms with van der Waals surface area (Å²) >= 11 is 0. The van der Waals surface area contributed by atoms with Gasteiger partial charge in [0.05, 0.1) is 6.54 Å². The number of hydrogen-bond donors (Lipinski definition) is 1. The molecule has 0 amide bonds. The van der Waals surface area contributed by atoms with Crippen LogP contribution in [0, 0.1) is 13.8 Å². The molecule has 0 aliphatic carbocycles. The lowest BCUT2D eigenvalue weighted by Gasteiger charge is -2.03. The highest BCUT2D eigenvalue weighted by atomic mass is 15.1. The SMILES string of the molecule is CCCCCCCCCCCCCCCC[n+]1cc(C)[nH]c1C. The van der Waals surface area contributed by atoms with Crippen LogP contribution in [0.2, 0.25) is 0 Å². The van der Waals surface area contributed by atoms with Crippen LogP contribution in [0.3, 0.4) is 0 Å². The van der Waals surface area contributed by atoms with Gasteiger partial charge in [-0.25, -0.2) is 9.55 Å². The van der Waals surface area contributed by atoms with Crippen molar-refractivity contribution in [2.45, 2.75) is 117 Å². The summed E-state index contributed by atoms with van der Waals surface area (Å²) in [6.45, 7) is 7.76. The molecule has 1 rings (SSSR count). The predicted octanol–water partition coefficient (Wildman–Crippen LogP) is 6.40. The molecule has 0 radical (unpaired) electrons. The van der Waals surface area contributed by atoms with E-state index in [0.717, 1.165) is 0 Å². The van der Waals surface area contributed by atoms with Crippen LogP contribution in [0.4, 0.5) is 0 Å². The Morgan fingerprint density at radius 2 is 1.13 bits per heavy atom. The first-order valence-electron chi connectivity index (χ1n) is 10.3. The van der Waals surface area contributed by atoms with Gasteiger partial charge < -0.3 is 0 Å². The van der Waals surface area contributed by atoms with Gasteiger partial charge in [0.15, 0.2) is 0 Å². The molecule has 0 fully saturated rings. The molecule has 0 aliphatic rings. The second-order valence-corrected chi connectivity index (χ2v) is 7.31. The monoisotopic (exact) mass is 321 g/mol. The largest absolute Gasteiger partial charge is 0.251 e. The third-order valence-electron chi connectivity index (χ3n) is 4.91. The number of nitrogens with zero attached hydrogens (tertiary/aromatic N) is 1. The van der Waals surface area contributed by atoms with Crippen molar-refractivity contribution in [1.82, 2.24) is 4.98 Å². The lowest BCUT2D eigenvalue weighted by atomic mass is 10.0. The zero-order valence-corrected chi connectivity index (χ0v) is 16.1. The fourth-order valence-corrected chi connectivity index (χ4v) is 3.43. The molecule has 2 heteroatoms. The molecule has 0 atom stereocenters. The summed E-state index contributed by atoms with van der Waals surface area (Å²) in [4.78, 5) is 3.37. The summed E-state index contributed by atoms with van der Waals surface area (Å²) < 4.78 is 2.36. The van der Waals surface area contributed by atoms with E-state index in [0.29, 0.717) is 0 Å². The van der Waals surface area contributed by atoms with Crippen LogP contribution in [-0.2, 0) is 6.54 Å². The van der Waals surface area contributed by atoms with E-state index in [-0.39, 0.29) is 0 Å². The van der Waals surface area contributed by atoms with Crippen molar-refractivity contribution >= 4 is 0 Å². The first kappa shape index (κ1) is 20.3. The van der Waals surface area contributed by atoms with Gasteiger partial charge in [-0.3, -0.25) is 0 Å². The summed E-state index contributed by atoms with van der Waals surface area (Å²) in [6, 6.07) is 0. The fraction of sp³-hybridized carbons (Fsp3) is 0.857. The maximum atomic E-state index is 3.37. The van der Waals surface area contributed by atoms with E-state index in [4.69, 9.17) is 0 Å². The molecule has 0 bridgehead atoms. The van der Waals surface area contributed by atoms with E-state index in [1.165, 1.54) is 108 Å². The number of aromatic nitrogens is 2. The maximum absolute atomic E-state index is 3.37. The number of aryl methyl sites for hydroxylation is 3. The Hall–Kier alpha value is -0.790. The van der Waals surface area contributed by atoms with Crippen molar-refractivity contribution < 1.29 is 4.57 Å². The van der Waals surface area contributed by atoms with Crippen molar-refractivity contribution in [3.05, 3.63) is 17.7 Å². The van der Waals surface area contributed by atoms with E-state index in [2.05, 4.69) is 36.5 Å². The van der Waals surface area contributed by atoms with Crippen molar-refractivity contribution in [2.75, 3.05) is 0 Å². The summed E-state index contributed by atoms with van der Waals surface area (Å²) in [7, 11) is 0. The molecule has 1 aromatic heterocycles. The zero-order chi connectivity index (χ0) is 16.8. The molecule has 0 saturated carbocycles. The summed E-state index contributed by atoms with van der Waals surface area (Å²) in [5.74, 6) is 1.29. The number of rotatable bonds is 15. The van der Waals surface area contributed by atoms with Crippen molar-refractivity contribution in [1.29, 1.82) is 0 Å². The van der Waals surface area contributed by atoms with Crippen LogP contribution < -0.4 is 4.57 Å². The molecule has 0 aliphatic heterocycles. The van der Waals surface area contributed by atoms with Crippen LogP contribution in [0.1, 0.15) is 108 Å². The highest BCUT2D eigenvalue weighted by Crippen LogP contribution is 2.12. The van der Waals surface area contributed by atoms with Gasteiger partial charge in [-0.05, 0) is 12.8 Å². The summed E-state index contributed by atoms with van der Waals surface area (Å²) in [6.07, 6.45) is 22.3. The lowest BCUT2D eigenvalue weighted by molar-refractivity contribution is -0.702. The fourth-order valence-electron chi connectivity index (χ4n) is 3.43. The van der Waals surface area contributed by atoms with Gasteiger partial charge in [0.1, 0.15) is 11.9 Å². The summed E-state index contributed by atoms with van der Waals surface area (Å²) in [5, 5.41) is 0. The van der Waals surface area contributed by atoms with Crippen molar-refractivity contribution in [2.24, 2.45) is 0 Å². The Bertz CT molecular complexity index is 381. The van der Waals surface area contributed by atoms with Gasteiger partial charge in [-0.1, -0.05) is 84.0 Å². The van der Waals surface area contributed by atoms with Gasteiger partial charge in [0.2, 0.25) is 0 Å². The normalized spacial score (nSPS) is 11.3. The van der Waals surface area contributed by atoms with Gasteiger partial charge in [-0.2, -0.15) is 0 Å². The molecular formula is C21H41N2+. The Morgan fingerprint density at radius 3 is 1.52 bits per heavy atom. The quantitative estimate of drug-likeness (QED) is 0.285. The molecule has 1 heterocycles. The number of nitrogens with one attached hydrogen (secondary N) is 1. The molecule has 134 valence electrons. The second-order valence-electron chi connectivity index (χ2n) is 7.31. The standard InChI is InChI=1S/C21H40N2/c1-4-5-6-7-8-9-10-11-12-13-14-15-16-17-18-23-19-20(2)22-21(23)3/h19H,4-18H2,1-3H3/p+1. The minimum atomic E-state index is 1.17. The van der Waals surface area contributed by atoms with E-state index in [9.17, 15) is 0 Å². The Labute approximate surface area is 145 Å². The third kappa shape index (κ3) is 10.6. The van der Waals surface area contributed by atoms with E-state index < -0.39 is 0 Å². The number of unbranched alkanes of at least 4 members (excludes halogenated alkanes) is 13. The lowest BCUT2D eigenvalue weighted by Crippen LogP contribution is -2.34. The number of imidazole rings is 1. The van der Waals surface area contributed by atoms with Crippen LogP contribution >= 0.6 is 0 Å². The molecule has 0 spiro atoms. The predicted molar refractivity (Wildman–Crippen MR) is 101 cm³/mol. The second kappa shape index (κ2) is 13.6. The van der Waals surface area contributed by atoms with Crippen LogP contribution in [0.25, 0.3) is 0 Å². The molecule has 2 nitrogen and oxygen atoms in total. The number of H-pyrrole nitrogens is 1. The highest BCUT2D eigenvalue weighted by Gasteiger charge is 2.06. The zero-order valence-electron chi connectivity index (χ0n) is 16.1. The molecular weight excluding hydrogens is 280 g/mol. The minimum Gasteiger partial charge on any atom is -0.245 e. The highest BCUT2D eigenvalue weighted by molar-refractivity contribution is 4.88. The molecule has 1 aromatic rings. The molecule has 0 aromatic carbocycles. The minimum absolute atomic E-state index is 1.17. The van der Waals surface area contributed by atoms with Gasteiger partial charge in [-0.15, -0.1) is 0 Å². The van der Waals surface area contributed by atoms with E-state index >= 15 is 0 Å². The van der Waals surface area contributed by atoms with Gasteiger partial charge in [0.25, 0.3) is 5.82 Å². The number of aromatic amines is 1. The van der Waals surface area contributed by atoms with Crippen molar-refractivity contribution in [3.63, 3.8) is 0 Å². The first-order valence-corrected chi connectivity index (χ1v) is 10.3. The van der Waals surface area contributed by atoms with Crippen LogP contribution in [0.15, 0.2) is 6.20 Å². The van der Waals surface area contributed by atoms with Crippen LogP contribution in [0.5, 0.6) is 0 Å². The average Bonchev–Trinajstić information content (AvgIpc) is 2.85. The third-order valence-corrected chi connectivity index (χ3v) is 4.91. The molecule has 0 unspecified atom stereocenters. The molecule has 23 heavy (non-hydrogen) atoms. The average molecular weight is 322 g/mol. The Balaban J connectivity index is 1.79. The van der Waals surface area contributed by atoms with Gasteiger partial charge in [0, 0.05) is 13.8 Å². The molecule has 0 saturated heterocycles. The first-order chi connectivity index (χ1) is 11.2. The van der Waals surface area contributed by atoms with Crippen LogP contribution in [-0.4, -0.2) is 4.98 Å².